The number of unbranched alkanes of at least 4 members (excludes halogenated alkanes) is 12. The van der Waals surface area contributed by atoms with E-state index in [0.717, 1.165) is 25.7 Å². The average Bonchev–Trinajstić information content (AvgIpc) is 2.44. The maximum atomic E-state index is 14.6. The van der Waals surface area contributed by atoms with Crippen LogP contribution in [0.2, 0.25) is 0 Å². The van der Waals surface area contributed by atoms with Crippen molar-refractivity contribution in [1.29, 1.82) is 0 Å². The van der Waals surface area contributed by atoms with Gasteiger partial charge >= 0.3 is 11.9 Å². The van der Waals surface area contributed by atoms with E-state index in [-0.39, 0.29) is 69.7 Å². The molecule has 3 aromatic rings. The predicted octanol–water partition coefficient (Wildman–Crippen LogP) is 4.91. The number of aromatic hydroxyl groups is 1. The third kappa shape index (κ3) is 26.1. The number of esters is 1. The van der Waals surface area contributed by atoms with E-state index in [4.69, 9.17) is 16.2 Å². The van der Waals surface area contributed by atoms with Gasteiger partial charge in [-0.25, -0.2) is 9.78 Å². The highest BCUT2D eigenvalue weighted by atomic mass is 16.5. The molecule has 1 aromatic heterocycles. The number of hydrogen-bond acceptors (Lipinski definition) is 13. The van der Waals surface area contributed by atoms with Crippen molar-refractivity contribution in [2.45, 2.75) is 225 Å². The first-order valence-electron chi connectivity index (χ1n) is 31.5. The molecule has 2 aromatic carbocycles. The summed E-state index contributed by atoms with van der Waals surface area (Å²) < 4.78 is 5.48. The Bertz CT molecular complexity index is 2690. The number of H-pyrrole nitrogens is 1. The number of guanidine groups is 1. The minimum atomic E-state index is -1.41. The predicted molar refractivity (Wildman–Crippen MR) is 334 cm³/mol. The lowest BCUT2D eigenvalue weighted by Crippen LogP contribution is -2.62. The number of phenolic OH excluding ortho intramolecular Hbond substituents is 1. The molecule has 88 heavy (non-hydrogen) atoms. The number of aliphatic carboxylic acids is 1. The lowest BCUT2D eigenvalue weighted by Gasteiger charge is -2.31. The van der Waals surface area contributed by atoms with Crippen LogP contribution in [0.5, 0.6) is 5.75 Å². The summed E-state index contributed by atoms with van der Waals surface area (Å²) in [6.07, 6.45) is 17.3. The number of likely N-dealkylation sites (tertiary alicyclic amines) is 1. The minimum Gasteiger partial charge on any atom is -0.508 e. The second-order valence-electron chi connectivity index (χ2n) is 23.6. The van der Waals surface area contributed by atoms with Crippen LogP contribution >= 0.6 is 0 Å². The largest absolute Gasteiger partial charge is 0.508 e. The third-order valence-electron chi connectivity index (χ3n) is 15.6. The first-order chi connectivity index (χ1) is 42.1. The maximum absolute atomic E-state index is 14.6. The fraction of sp³-hybridized carbons (Fsp3) is 0.609. The number of benzene rings is 2. The molecular weight excluding hydrogens is 1130 g/mol. The highest BCUT2D eigenvalue weighted by Crippen LogP contribution is 2.22. The van der Waals surface area contributed by atoms with Crippen molar-refractivity contribution in [2.24, 2.45) is 28.3 Å². The molecule has 7 amide bonds. The van der Waals surface area contributed by atoms with Crippen molar-refractivity contribution in [2.75, 3.05) is 13.1 Å². The van der Waals surface area contributed by atoms with Crippen LogP contribution in [0, 0.1) is 11.8 Å². The van der Waals surface area contributed by atoms with Gasteiger partial charge < -0.3 is 68.2 Å². The summed E-state index contributed by atoms with van der Waals surface area (Å²) in [5.41, 5.74) is 12.7. The Morgan fingerprint density at radius 2 is 1.17 bits per heavy atom. The summed E-state index contributed by atoms with van der Waals surface area (Å²) in [6.45, 7) is 10.5. The third-order valence-corrected chi connectivity index (χ3v) is 15.6. The molecule has 4 rings (SSSR count). The summed E-state index contributed by atoms with van der Waals surface area (Å²) in [7, 11) is 0. The number of aromatic amines is 1. The molecule has 1 saturated heterocycles. The fourth-order valence-corrected chi connectivity index (χ4v) is 10.5. The molecule has 1 aliphatic heterocycles. The van der Waals surface area contributed by atoms with E-state index in [2.05, 4.69) is 53.8 Å². The van der Waals surface area contributed by atoms with Crippen LogP contribution in [0.4, 0.5) is 0 Å². The molecule has 13 N–H and O–H groups in total. The van der Waals surface area contributed by atoms with Crippen LogP contribution in [-0.2, 0) is 67.2 Å². The number of carboxylic acids is 1. The number of aromatic nitrogens is 2. The number of phenols is 1. The van der Waals surface area contributed by atoms with Gasteiger partial charge in [-0.3, -0.25) is 43.3 Å². The van der Waals surface area contributed by atoms with Crippen molar-refractivity contribution < 1.29 is 58.1 Å². The Morgan fingerprint density at radius 3 is 1.72 bits per heavy atom. The minimum absolute atomic E-state index is 0.00383. The number of nitrogens with two attached hydrogens (primary N) is 2. The molecule has 1 aliphatic rings. The molecule has 2 heterocycles. The molecule has 0 unspecified atom stereocenters. The number of aliphatic imine (C=N–C) groups is 1. The van der Waals surface area contributed by atoms with Gasteiger partial charge in [-0.2, -0.15) is 0 Å². The summed E-state index contributed by atoms with van der Waals surface area (Å²) >= 11 is 0. The van der Waals surface area contributed by atoms with E-state index >= 15 is 0 Å². The van der Waals surface area contributed by atoms with Gasteiger partial charge in [-0.1, -0.05) is 154 Å². The average molecular weight is 1230 g/mol. The topological polar surface area (TPSA) is 372 Å². The van der Waals surface area contributed by atoms with E-state index in [1.54, 1.807) is 70.2 Å². The Hall–Kier alpha value is -8.05. The smallest absolute Gasteiger partial charge is 0.326 e. The summed E-state index contributed by atoms with van der Waals surface area (Å²) in [5.74, 6) is -8.44. The van der Waals surface area contributed by atoms with Crippen molar-refractivity contribution >= 4 is 59.2 Å². The molecule has 8 atom stereocenters. The molecule has 24 nitrogen and oxygen atoms in total. The van der Waals surface area contributed by atoms with E-state index in [0.29, 0.717) is 29.7 Å². The highest BCUT2D eigenvalue weighted by Gasteiger charge is 2.41. The van der Waals surface area contributed by atoms with E-state index in [1.165, 1.54) is 87.8 Å². The van der Waals surface area contributed by atoms with Crippen molar-refractivity contribution in [3.05, 3.63) is 83.9 Å². The molecule has 0 spiro atoms. The standard InChI is InChI=1S/C64H98N12O12/c1-7-8-9-10-11-12-13-14-15-16-17-18-22-29-53(78)88-43(6)56(79)70-48(27-23-34-68-64(65)66)57(80)74-54(41(2)3)60(83)71-49(36-45-30-32-47(77)33-31-45)58(81)75-55(42(4)5)61(84)72-50(38-46-39-67-40-69-46)62(85)76-35-24-28-52(76)59(82)73-51(63(86)87)37-44-25-20-19-21-26-44/h19-21,25-26,30-33,39-43,48-52,54-55,77H,7-18,22-24,27-29,34-38H2,1-6H3,(H,67,69)(H,70,79)(H,71,83)(H,72,84)(H,73,82)(H,74,80)(H,75,81)(H,86,87)(H4,65,66,68)/t43-,48-,49-,50-,51-,52-,54-,55-/m0/s1. The van der Waals surface area contributed by atoms with Crippen molar-refractivity contribution in [3.63, 3.8) is 0 Å². The zero-order chi connectivity index (χ0) is 64.5. The van der Waals surface area contributed by atoms with Gasteiger partial charge in [0.2, 0.25) is 35.4 Å². The molecule has 0 saturated carbocycles. The first-order valence-corrected chi connectivity index (χ1v) is 31.5. The number of amides is 7. The molecule has 486 valence electrons. The van der Waals surface area contributed by atoms with E-state index in [9.17, 15) is 53.4 Å². The van der Waals surface area contributed by atoms with Gasteiger partial charge in [0.05, 0.1) is 6.33 Å². The first kappa shape index (κ1) is 72.4. The Balaban J connectivity index is 1.46. The van der Waals surface area contributed by atoms with Gasteiger partial charge in [0.15, 0.2) is 12.1 Å². The Kier molecular flexibility index (Phi) is 32.1. The highest BCUT2D eigenvalue weighted by molar-refractivity contribution is 5.98. The number of nitrogens with zero attached hydrogens (tertiary/aromatic N) is 3. The van der Waals surface area contributed by atoms with Crippen LogP contribution in [0.1, 0.15) is 174 Å². The number of rotatable bonds is 41. The number of imidazole rings is 1. The molecular formula is C64H98N12O12. The SMILES string of the molecule is CCCCCCCCCCCCCCCC(=O)O[C@@H](C)C(=O)N[C@@H](CCCN=C(N)N)C(=O)N[C@H](C(=O)N[C@@H](Cc1ccc(O)cc1)C(=O)N[C@H](C(=O)N[C@@H](Cc1cnc[nH]1)C(=O)N1CCC[C@H]1C(=O)N[C@@H](Cc1ccccc1)C(=O)O)C(C)C)C(C)C. The summed E-state index contributed by atoms with van der Waals surface area (Å²) in [4.78, 5) is 137. The number of ether oxygens (including phenoxy) is 1. The molecule has 1 fully saturated rings. The Morgan fingerprint density at radius 1 is 0.636 bits per heavy atom. The lowest BCUT2D eigenvalue weighted by molar-refractivity contribution is -0.155. The van der Waals surface area contributed by atoms with E-state index < -0.39 is 114 Å². The van der Waals surface area contributed by atoms with E-state index in [1.807, 2.05) is 0 Å². The van der Waals surface area contributed by atoms with Gasteiger partial charge in [0, 0.05) is 50.7 Å². The molecule has 0 bridgehead atoms. The molecule has 0 aliphatic carbocycles. The normalized spacial score (nSPS) is 15.4. The molecule has 24 heteroatoms. The van der Waals surface area contributed by atoms with Crippen LogP contribution < -0.4 is 43.4 Å². The number of carbonyl (C=O) groups excluding carboxylic acids is 8. The van der Waals surface area contributed by atoms with Crippen LogP contribution in [0.3, 0.4) is 0 Å². The zero-order valence-electron chi connectivity index (χ0n) is 52.4. The molecule has 0 radical (unpaired) electrons. The second kappa shape index (κ2) is 39.0. The number of nitrogens with one attached hydrogen (secondary N) is 7. The second-order valence-corrected chi connectivity index (χ2v) is 23.6. The lowest BCUT2D eigenvalue weighted by atomic mass is 9.98. The monoisotopic (exact) mass is 1230 g/mol. The van der Waals surface area contributed by atoms with Crippen LogP contribution in [0.15, 0.2) is 72.1 Å². The van der Waals surface area contributed by atoms with Crippen LogP contribution in [-0.4, -0.2) is 146 Å². The van der Waals surface area contributed by atoms with Crippen molar-refractivity contribution in [1.82, 2.24) is 46.8 Å². The van der Waals surface area contributed by atoms with Gasteiger partial charge in [0.25, 0.3) is 5.91 Å². The summed E-state index contributed by atoms with van der Waals surface area (Å²) in [6, 6.07) is 5.75. The number of carbonyl (C=O) groups is 9. The fourth-order valence-electron chi connectivity index (χ4n) is 10.5. The van der Waals surface area contributed by atoms with Gasteiger partial charge in [0.1, 0.15) is 48.0 Å². The quantitative estimate of drug-likeness (QED) is 0.0156. The number of hydrogen-bond donors (Lipinski definition) is 11. The van der Waals surface area contributed by atoms with Crippen LogP contribution in [0.25, 0.3) is 0 Å². The summed E-state index contributed by atoms with van der Waals surface area (Å²) in [5, 5.41) is 36.5. The zero-order valence-corrected chi connectivity index (χ0v) is 52.4. The number of carboxylic acid groups (broad SMARTS) is 1. The Labute approximate surface area is 518 Å². The van der Waals surface area contributed by atoms with Crippen molar-refractivity contribution in [3.8, 4) is 5.75 Å². The van der Waals surface area contributed by atoms with Gasteiger partial charge in [-0.05, 0) is 74.1 Å². The maximum Gasteiger partial charge on any atom is 0.326 e. The van der Waals surface area contributed by atoms with Gasteiger partial charge in [-0.15, -0.1) is 0 Å².